The molecule has 112 valence electrons. The molecule has 21 heavy (non-hydrogen) atoms. The third-order valence-electron chi connectivity index (χ3n) is 3.30. The van der Waals surface area contributed by atoms with Gasteiger partial charge in [-0.2, -0.15) is 4.98 Å². The summed E-state index contributed by atoms with van der Waals surface area (Å²) in [4.78, 5) is 8.57. The number of hydrogen-bond donors (Lipinski definition) is 2. The summed E-state index contributed by atoms with van der Waals surface area (Å²) in [6.07, 6.45) is 3.34. The maximum atomic E-state index is 13.5. The van der Waals surface area contributed by atoms with Crippen molar-refractivity contribution < 1.29 is 4.39 Å². The molecule has 0 spiro atoms. The highest BCUT2D eigenvalue weighted by molar-refractivity contribution is 5.40. The molecule has 0 aliphatic carbocycles. The van der Waals surface area contributed by atoms with Gasteiger partial charge < -0.3 is 10.6 Å². The molecular weight excluding hydrogens is 267 g/mol. The minimum absolute atomic E-state index is 0.166. The standard InChI is InChI=1S/C16H21FN4/c1-3-12(2)20-16-19-11-9-15(21-16)18-10-8-13-6-4-5-7-14(13)17/h4-7,9,11-12H,3,8,10H2,1-2H3,(H2,18,19,20,21). The van der Waals surface area contributed by atoms with Crippen LogP contribution in [0.25, 0.3) is 0 Å². The Morgan fingerprint density at radius 3 is 2.81 bits per heavy atom. The minimum atomic E-state index is -0.166. The Bertz CT molecular complexity index is 574. The van der Waals surface area contributed by atoms with Gasteiger partial charge in [0.15, 0.2) is 0 Å². The Hall–Kier alpha value is -2.17. The van der Waals surface area contributed by atoms with Crippen molar-refractivity contribution in [3.63, 3.8) is 0 Å². The summed E-state index contributed by atoms with van der Waals surface area (Å²) in [5.74, 6) is 1.19. The third-order valence-corrected chi connectivity index (χ3v) is 3.30. The van der Waals surface area contributed by atoms with Crippen LogP contribution in [0, 0.1) is 5.82 Å². The molecule has 0 saturated heterocycles. The van der Waals surface area contributed by atoms with Gasteiger partial charge in [-0.05, 0) is 37.5 Å². The highest BCUT2D eigenvalue weighted by Gasteiger charge is 2.04. The quantitative estimate of drug-likeness (QED) is 0.819. The van der Waals surface area contributed by atoms with Gasteiger partial charge in [0.25, 0.3) is 0 Å². The van der Waals surface area contributed by atoms with Crippen molar-refractivity contribution in [3.05, 3.63) is 47.9 Å². The van der Waals surface area contributed by atoms with Crippen molar-refractivity contribution in [1.82, 2.24) is 9.97 Å². The van der Waals surface area contributed by atoms with Crippen LogP contribution in [-0.4, -0.2) is 22.6 Å². The first-order valence-electron chi connectivity index (χ1n) is 7.26. The van der Waals surface area contributed by atoms with Crippen LogP contribution in [0.15, 0.2) is 36.5 Å². The molecule has 1 aromatic heterocycles. The normalized spacial score (nSPS) is 12.0. The van der Waals surface area contributed by atoms with E-state index in [0.717, 1.165) is 12.2 Å². The van der Waals surface area contributed by atoms with E-state index in [2.05, 4.69) is 34.4 Å². The Balaban J connectivity index is 1.88. The summed E-state index contributed by atoms with van der Waals surface area (Å²) in [5, 5.41) is 6.42. The summed E-state index contributed by atoms with van der Waals surface area (Å²) in [5.41, 5.74) is 0.706. The van der Waals surface area contributed by atoms with Crippen LogP contribution in [0.2, 0.25) is 0 Å². The van der Waals surface area contributed by atoms with E-state index in [1.807, 2.05) is 12.1 Å². The van der Waals surface area contributed by atoms with Crippen molar-refractivity contribution in [1.29, 1.82) is 0 Å². The summed E-state index contributed by atoms with van der Waals surface area (Å²) < 4.78 is 13.5. The van der Waals surface area contributed by atoms with E-state index in [4.69, 9.17) is 0 Å². The van der Waals surface area contributed by atoms with Gasteiger partial charge in [-0.3, -0.25) is 0 Å². The van der Waals surface area contributed by atoms with Gasteiger partial charge >= 0.3 is 0 Å². The summed E-state index contributed by atoms with van der Waals surface area (Å²) in [7, 11) is 0. The number of benzene rings is 1. The van der Waals surface area contributed by atoms with E-state index in [-0.39, 0.29) is 5.82 Å². The van der Waals surface area contributed by atoms with Gasteiger partial charge in [0.2, 0.25) is 5.95 Å². The highest BCUT2D eigenvalue weighted by Crippen LogP contribution is 2.10. The first-order chi connectivity index (χ1) is 10.2. The Morgan fingerprint density at radius 1 is 1.24 bits per heavy atom. The Labute approximate surface area is 124 Å². The smallest absolute Gasteiger partial charge is 0.224 e. The second kappa shape index (κ2) is 7.57. The molecule has 2 rings (SSSR count). The summed E-state index contributed by atoms with van der Waals surface area (Å²) >= 11 is 0. The highest BCUT2D eigenvalue weighted by atomic mass is 19.1. The van der Waals surface area contributed by atoms with Crippen LogP contribution in [0.4, 0.5) is 16.2 Å². The zero-order valence-corrected chi connectivity index (χ0v) is 12.4. The zero-order chi connectivity index (χ0) is 15.1. The molecule has 0 bridgehead atoms. The van der Waals surface area contributed by atoms with E-state index in [1.54, 1.807) is 18.3 Å². The van der Waals surface area contributed by atoms with Gasteiger partial charge in [-0.15, -0.1) is 0 Å². The van der Waals surface area contributed by atoms with Gasteiger partial charge in [0.05, 0.1) is 0 Å². The average Bonchev–Trinajstić information content (AvgIpc) is 2.49. The lowest BCUT2D eigenvalue weighted by Gasteiger charge is -2.12. The average molecular weight is 288 g/mol. The minimum Gasteiger partial charge on any atom is -0.370 e. The van der Waals surface area contributed by atoms with Crippen molar-refractivity contribution in [2.75, 3.05) is 17.2 Å². The maximum absolute atomic E-state index is 13.5. The lowest BCUT2D eigenvalue weighted by molar-refractivity contribution is 0.610. The molecule has 0 saturated carbocycles. The topological polar surface area (TPSA) is 49.8 Å². The number of rotatable bonds is 7. The molecule has 2 aromatic rings. The molecule has 0 aliphatic rings. The van der Waals surface area contributed by atoms with E-state index in [1.165, 1.54) is 6.07 Å². The molecule has 2 N–H and O–H groups in total. The largest absolute Gasteiger partial charge is 0.370 e. The van der Waals surface area contributed by atoms with Gasteiger partial charge in [-0.25, -0.2) is 9.37 Å². The molecule has 4 nitrogen and oxygen atoms in total. The summed E-state index contributed by atoms with van der Waals surface area (Å²) in [6.45, 7) is 4.82. The van der Waals surface area contributed by atoms with Crippen molar-refractivity contribution in [2.24, 2.45) is 0 Å². The van der Waals surface area contributed by atoms with Crippen LogP contribution < -0.4 is 10.6 Å². The lowest BCUT2D eigenvalue weighted by Crippen LogP contribution is -2.16. The molecule has 0 radical (unpaired) electrons. The van der Waals surface area contributed by atoms with E-state index in [0.29, 0.717) is 30.5 Å². The fourth-order valence-corrected chi connectivity index (χ4v) is 1.88. The van der Waals surface area contributed by atoms with Crippen molar-refractivity contribution in [3.8, 4) is 0 Å². The number of nitrogens with one attached hydrogen (secondary N) is 2. The van der Waals surface area contributed by atoms with Crippen LogP contribution in [0.3, 0.4) is 0 Å². The van der Waals surface area contributed by atoms with Gasteiger partial charge in [-0.1, -0.05) is 25.1 Å². The maximum Gasteiger partial charge on any atom is 0.224 e. The first-order valence-corrected chi connectivity index (χ1v) is 7.26. The predicted octanol–water partition coefficient (Wildman–Crippen LogP) is 3.48. The Morgan fingerprint density at radius 2 is 2.05 bits per heavy atom. The van der Waals surface area contributed by atoms with Gasteiger partial charge in [0, 0.05) is 18.8 Å². The molecule has 5 heteroatoms. The molecule has 0 fully saturated rings. The van der Waals surface area contributed by atoms with Crippen LogP contribution >= 0.6 is 0 Å². The van der Waals surface area contributed by atoms with Gasteiger partial charge in [0.1, 0.15) is 11.6 Å². The first kappa shape index (κ1) is 15.2. The number of aromatic nitrogens is 2. The zero-order valence-electron chi connectivity index (χ0n) is 12.4. The van der Waals surface area contributed by atoms with E-state index in [9.17, 15) is 4.39 Å². The van der Waals surface area contributed by atoms with E-state index >= 15 is 0 Å². The molecule has 1 unspecified atom stereocenters. The Kier molecular flexibility index (Phi) is 5.49. The molecular formula is C16H21FN4. The number of nitrogens with zero attached hydrogens (tertiary/aromatic N) is 2. The monoisotopic (exact) mass is 288 g/mol. The van der Waals surface area contributed by atoms with Crippen LogP contribution in [0.1, 0.15) is 25.8 Å². The molecule has 0 amide bonds. The van der Waals surface area contributed by atoms with Crippen LogP contribution in [-0.2, 0) is 6.42 Å². The second-order valence-corrected chi connectivity index (χ2v) is 4.99. The third kappa shape index (κ3) is 4.70. The number of anilines is 2. The summed E-state index contributed by atoms with van der Waals surface area (Å²) in [6, 6.07) is 8.96. The predicted molar refractivity (Wildman–Crippen MR) is 84.0 cm³/mol. The molecule has 1 atom stereocenters. The second-order valence-electron chi connectivity index (χ2n) is 4.99. The number of halogens is 1. The SMILES string of the molecule is CCC(C)Nc1nccc(NCCc2ccccc2F)n1. The lowest BCUT2D eigenvalue weighted by atomic mass is 10.1. The van der Waals surface area contributed by atoms with Crippen molar-refractivity contribution in [2.45, 2.75) is 32.7 Å². The molecule has 1 heterocycles. The number of hydrogen-bond acceptors (Lipinski definition) is 4. The van der Waals surface area contributed by atoms with Crippen molar-refractivity contribution >= 4 is 11.8 Å². The fraction of sp³-hybridized carbons (Fsp3) is 0.375. The molecule has 0 aliphatic heterocycles. The van der Waals surface area contributed by atoms with Crippen LogP contribution in [0.5, 0.6) is 0 Å². The van der Waals surface area contributed by atoms with E-state index < -0.39 is 0 Å². The fourth-order valence-electron chi connectivity index (χ4n) is 1.88. The molecule has 1 aromatic carbocycles.